The molecule has 12 heavy (non-hydrogen) atoms. The predicted octanol–water partition coefficient (Wildman–Crippen LogP) is -0.00500. The van der Waals surface area contributed by atoms with Crippen LogP contribution in [0.25, 0.3) is 0 Å². The van der Waals surface area contributed by atoms with Gasteiger partial charge in [-0.3, -0.25) is 4.99 Å². The quantitative estimate of drug-likeness (QED) is 0.610. The van der Waals surface area contributed by atoms with Crippen LogP contribution in [0.3, 0.4) is 0 Å². The summed E-state index contributed by atoms with van der Waals surface area (Å²) in [6, 6.07) is 0. The average molecular weight is 169 g/mol. The lowest BCUT2D eigenvalue weighted by Crippen LogP contribution is -2.26. The van der Waals surface area contributed by atoms with Gasteiger partial charge in [0, 0.05) is 31.3 Å². The van der Waals surface area contributed by atoms with Crippen molar-refractivity contribution in [3.63, 3.8) is 0 Å². The first-order valence-corrected chi connectivity index (χ1v) is 4.10. The van der Waals surface area contributed by atoms with Crippen LogP contribution in [0.5, 0.6) is 0 Å². The second kappa shape index (κ2) is 4.11. The maximum absolute atomic E-state index is 5.45. The Morgan fingerprint density at radius 1 is 1.83 bits per heavy atom. The molecule has 1 aliphatic heterocycles. The minimum absolute atomic E-state index is 0.221. The van der Waals surface area contributed by atoms with Crippen molar-refractivity contribution < 1.29 is 4.74 Å². The van der Waals surface area contributed by atoms with Crippen molar-refractivity contribution in [2.45, 2.75) is 19.4 Å². The molecule has 0 saturated carbocycles. The normalized spacial score (nSPS) is 24.7. The molecule has 1 unspecified atom stereocenters. The van der Waals surface area contributed by atoms with E-state index in [1.807, 2.05) is 6.92 Å². The number of rotatable bonds is 2. The van der Waals surface area contributed by atoms with Crippen molar-refractivity contribution >= 4 is 5.90 Å². The molecule has 0 radical (unpaired) electrons. The fourth-order valence-corrected chi connectivity index (χ4v) is 1.04. The van der Waals surface area contributed by atoms with Gasteiger partial charge in [0.05, 0.1) is 6.10 Å². The maximum atomic E-state index is 5.45. The van der Waals surface area contributed by atoms with Crippen molar-refractivity contribution in [1.29, 1.82) is 0 Å². The highest BCUT2D eigenvalue weighted by molar-refractivity contribution is 5.94. The van der Waals surface area contributed by atoms with E-state index in [2.05, 4.69) is 4.99 Å². The van der Waals surface area contributed by atoms with Gasteiger partial charge in [-0.25, -0.2) is 0 Å². The Kier molecular flexibility index (Phi) is 3.10. The summed E-state index contributed by atoms with van der Waals surface area (Å²) in [5.41, 5.74) is 11.6. The van der Waals surface area contributed by atoms with E-state index in [9.17, 15) is 0 Å². The molecule has 0 saturated heterocycles. The van der Waals surface area contributed by atoms with E-state index in [0.717, 1.165) is 18.5 Å². The van der Waals surface area contributed by atoms with Gasteiger partial charge in [0.2, 0.25) is 5.90 Å². The molecule has 0 amide bonds. The Morgan fingerprint density at radius 3 is 3.08 bits per heavy atom. The molecule has 4 nitrogen and oxygen atoms in total. The first-order chi connectivity index (χ1) is 5.77. The van der Waals surface area contributed by atoms with Crippen LogP contribution in [0.15, 0.2) is 16.8 Å². The zero-order valence-corrected chi connectivity index (χ0v) is 7.29. The van der Waals surface area contributed by atoms with E-state index < -0.39 is 0 Å². The van der Waals surface area contributed by atoms with Crippen LogP contribution in [0.1, 0.15) is 13.3 Å². The Balaban J connectivity index is 2.67. The van der Waals surface area contributed by atoms with Crippen LogP contribution in [0.4, 0.5) is 0 Å². The molecule has 1 aliphatic rings. The lowest BCUT2D eigenvalue weighted by molar-refractivity contribution is 0.185. The van der Waals surface area contributed by atoms with Gasteiger partial charge >= 0.3 is 0 Å². The Bertz CT molecular complexity index is 210. The SMILES string of the molecule is CC1CCN=C(/C(=C\N)CN)O1. The van der Waals surface area contributed by atoms with E-state index in [4.69, 9.17) is 16.2 Å². The Morgan fingerprint density at radius 2 is 2.58 bits per heavy atom. The summed E-state index contributed by atoms with van der Waals surface area (Å²) in [4.78, 5) is 4.19. The van der Waals surface area contributed by atoms with Gasteiger partial charge in [-0.05, 0) is 6.92 Å². The highest BCUT2D eigenvalue weighted by atomic mass is 16.5. The Labute approximate surface area is 72.3 Å². The molecule has 1 rings (SSSR count). The average Bonchev–Trinajstić information content (AvgIpc) is 2.07. The van der Waals surface area contributed by atoms with Gasteiger partial charge in [-0.1, -0.05) is 0 Å². The smallest absolute Gasteiger partial charge is 0.214 e. The second-order valence-corrected chi connectivity index (χ2v) is 2.80. The van der Waals surface area contributed by atoms with Crippen molar-refractivity contribution in [3.8, 4) is 0 Å². The van der Waals surface area contributed by atoms with E-state index in [1.165, 1.54) is 6.20 Å². The molecule has 0 aromatic rings. The zero-order valence-electron chi connectivity index (χ0n) is 7.29. The molecule has 0 aliphatic carbocycles. The van der Waals surface area contributed by atoms with Crippen LogP contribution in [0.2, 0.25) is 0 Å². The van der Waals surface area contributed by atoms with Crippen LogP contribution in [-0.4, -0.2) is 25.1 Å². The number of nitrogens with zero attached hydrogens (tertiary/aromatic N) is 1. The second-order valence-electron chi connectivity index (χ2n) is 2.80. The molecule has 68 valence electrons. The van der Waals surface area contributed by atoms with Gasteiger partial charge in [0.1, 0.15) is 0 Å². The number of aliphatic imine (C=N–C) groups is 1. The lowest BCUT2D eigenvalue weighted by atomic mass is 10.2. The number of ether oxygens (including phenoxy) is 1. The standard InChI is InChI=1S/C8H15N3O/c1-6-2-3-11-8(12-6)7(4-9)5-10/h4,6H,2-3,5,9-10H2,1H3/b7-4-. The maximum Gasteiger partial charge on any atom is 0.214 e. The van der Waals surface area contributed by atoms with E-state index in [-0.39, 0.29) is 6.10 Å². The highest BCUT2D eigenvalue weighted by Gasteiger charge is 2.15. The fourth-order valence-electron chi connectivity index (χ4n) is 1.04. The van der Waals surface area contributed by atoms with E-state index in [0.29, 0.717) is 12.4 Å². The van der Waals surface area contributed by atoms with Gasteiger partial charge in [-0.2, -0.15) is 0 Å². The number of hydrogen-bond acceptors (Lipinski definition) is 4. The topological polar surface area (TPSA) is 73.6 Å². The number of nitrogens with two attached hydrogens (primary N) is 2. The van der Waals surface area contributed by atoms with Crippen LogP contribution in [0, 0.1) is 0 Å². The largest absolute Gasteiger partial charge is 0.475 e. The molecule has 0 spiro atoms. The summed E-state index contributed by atoms with van der Waals surface area (Å²) >= 11 is 0. The molecule has 0 aromatic carbocycles. The molecule has 1 heterocycles. The molecule has 4 N–H and O–H groups in total. The molecule has 1 atom stereocenters. The fraction of sp³-hybridized carbons (Fsp3) is 0.625. The van der Waals surface area contributed by atoms with Gasteiger partial charge in [-0.15, -0.1) is 0 Å². The summed E-state index contributed by atoms with van der Waals surface area (Å²) in [5.74, 6) is 0.610. The minimum Gasteiger partial charge on any atom is -0.475 e. The van der Waals surface area contributed by atoms with Crippen LogP contribution < -0.4 is 11.5 Å². The molecule has 4 heteroatoms. The molecular weight excluding hydrogens is 154 g/mol. The third kappa shape index (κ3) is 1.98. The van der Waals surface area contributed by atoms with Crippen LogP contribution in [-0.2, 0) is 4.74 Å². The van der Waals surface area contributed by atoms with Crippen molar-refractivity contribution in [2.24, 2.45) is 16.5 Å². The molecule has 0 aromatic heterocycles. The molecule has 0 bridgehead atoms. The summed E-state index contributed by atoms with van der Waals surface area (Å²) < 4.78 is 5.45. The zero-order chi connectivity index (χ0) is 8.97. The first-order valence-electron chi connectivity index (χ1n) is 4.10. The highest BCUT2D eigenvalue weighted by Crippen LogP contribution is 2.10. The third-order valence-electron chi connectivity index (χ3n) is 1.80. The Hall–Kier alpha value is -1.03. The summed E-state index contributed by atoms with van der Waals surface area (Å²) in [5, 5.41) is 0. The molecular formula is C8H15N3O. The first kappa shape index (κ1) is 9.06. The molecule has 0 fully saturated rings. The third-order valence-corrected chi connectivity index (χ3v) is 1.80. The van der Waals surface area contributed by atoms with Crippen LogP contribution >= 0.6 is 0 Å². The predicted molar refractivity (Wildman–Crippen MR) is 48.8 cm³/mol. The van der Waals surface area contributed by atoms with Gasteiger partial charge in [0.25, 0.3) is 0 Å². The summed E-state index contributed by atoms with van der Waals surface area (Å²) in [6.45, 7) is 3.19. The van der Waals surface area contributed by atoms with E-state index >= 15 is 0 Å². The summed E-state index contributed by atoms with van der Waals surface area (Å²) in [6.07, 6.45) is 2.64. The minimum atomic E-state index is 0.221. The van der Waals surface area contributed by atoms with Crippen molar-refractivity contribution in [1.82, 2.24) is 0 Å². The van der Waals surface area contributed by atoms with Crippen molar-refractivity contribution in [2.75, 3.05) is 13.1 Å². The van der Waals surface area contributed by atoms with Gasteiger partial charge < -0.3 is 16.2 Å². The van der Waals surface area contributed by atoms with Gasteiger partial charge in [0.15, 0.2) is 0 Å². The van der Waals surface area contributed by atoms with E-state index in [1.54, 1.807) is 0 Å². The number of hydrogen-bond donors (Lipinski definition) is 2. The van der Waals surface area contributed by atoms with Crippen molar-refractivity contribution in [3.05, 3.63) is 11.8 Å². The monoisotopic (exact) mass is 169 g/mol. The lowest BCUT2D eigenvalue weighted by Gasteiger charge is -2.21. The summed E-state index contributed by atoms with van der Waals surface area (Å²) in [7, 11) is 0.